The minimum atomic E-state index is -0.446. The van der Waals surface area contributed by atoms with Crippen molar-refractivity contribution < 1.29 is 14.6 Å². The van der Waals surface area contributed by atoms with Crippen molar-refractivity contribution in [2.75, 3.05) is 54.6 Å². The van der Waals surface area contributed by atoms with Gasteiger partial charge in [-0.25, -0.2) is 0 Å². The molecule has 2 atom stereocenters. The second kappa shape index (κ2) is 8.29. The molecule has 1 aliphatic rings. The van der Waals surface area contributed by atoms with Gasteiger partial charge in [-0.2, -0.15) is 0 Å². The fourth-order valence-electron chi connectivity index (χ4n) is 2.87. The zero-order valence-corrected chi connectivity index (χ0v) is 13.8. The van der Waals surface area contributed by atoms with Crippen LogP contribution in [0.1, 0.15) is 26.2 Å². The minimum absolute atomic E-state index is 0.0275. The molecule has 1 saturated carbocycles. The van der Waals surface area contributed by atoms with Gasteiger partial charge < -0.3 is 24.4 Å². The van der Waals surface area contributed by atoms with Gasteiger partial charge in [0.2, 0.25) is 0 Å². The first-order valence-electron chi connectivity index (χ1n) is 7.54. The number of aliphatic hydroxyl groups is 1. The van der Waals surface area contributed by atoms with Crippen LogP contribution in [0.3, 0.4) is 0 Å². The summed E-state index contributed by atoms with van der Waals surface area (Å²) in [6.45, 7) is 4.53. The lowest BCUT2D eigenvalue weighted by Crippen LogP contribution is -2.57. The highest BCUT2D eigenvalue weighted by Crippen LogP contribution is 2.36. The van der Waals surface area contributed by atoms with Gasteiger partial charge in [-0.05, 0) is 47.3 Å². The molecule has 120 valence electrons. The number of nitrogens with zero attached hydrogens (tertiary/aromatic N) is 2. The molecular weight excluding hydrogens is 256 g/mol. The zero-order chi connectivity index (χ0) is 15.2. The highest BCUT2D eigenvalue weighted by Gasteiger charge is 2.39. The SMILES string of the molecule is COCC(C)OCC(O)CN(C)CC1(N(C)C)CCC1. The van der Waals surface area contributed by atoms with Crippen molar-refractivity contribution in [1.82, 2.24) is 9.80 Å². The third-order valence-corrected chi connectivity index (χ3v) is 4.29. The van der Waals surface area contributed by atoms with Crippen LogP contribution in [0.15, 0.2) is 0 Å². The topological polar surface area (TPSA) is 45.2 Å². The summed E-state index contributed by atoms with van der Waals surface area (Å²) in [5.41, 5.74) is 0.304. The van der Waals surface area contributed by atoms with Gasteiger partial charge in [0.05, 0.1) is 25.4 Å². The molecule has 5 heteroatoms. The summed E-state index contributed by atoms with van der Waals surface area (Å²) in [6, 6.07) is 0. The Morgan fingerprint density at radius 3 is 2.30 bits per heavy atom. The molecule has 2 unspecified atom stereocenters. The maximum Gasteiger partial charge on any atom is 0.0900 e. The van der Waals surface area contributed by atoms with Crippen LogP contribution in [0.4, 0.5) is 0 Å². The van der Waals surface area contributed by atoms with Crippen molar-refractivity contribution >= 4 is 0 Å². The molecule has 0 amide bonds. The van der Waals surface area contributed by atoms with Crippen LogP contribution in [0.25, 0.3) is 0 Å². The summed E-state index contributed by atoms with van der Waals surface area (Å²) < 4.78 is 10.6. The average molecular weight is 288 g/mol. The quantitative estimate of drug-likeness (QED) is 0.645. The van der Waals surface area contributed by atoms with Gasteiger partial charge in [-0.3, -0.25) is 0 Å². The standard InChI is InChI=1S/C15H32N2O3/c1-13(10-19-5)20-11-14(18)9-17(4)12-15(16(2)3)7-6-8-15/h13-14,18H,6-12H2,1-5H3. The highest BCUT2D eigenvalue weighted by atomic mass is 16.5. The molecule has 0 heterocycles. The maximum absolute atomic E-state index is 10.0. The predicted octanol–water partition coefficient (Wildman–Crippen LogP) is 0.815. The number of hydrogen-bond donors (Lipinski definition) is 1. The molecule has 1 aliphatic carbocycles. The minimum Gasteiger partial charge on any atom is -0.389 e. The van der Waals surface area contributed by atoms with E-state index in [2.05, 4.69) is 30.9 Å². The molecule has 1 N–H and O–H groups in total. The third-order valence-electron chi connectivity index (χ3n) is 4.29. The smallest absolute Gasteiger partial charge is 0.0900 e. The van der Waals surface area contributed by atoms with E-state index in [9.17, 15) is 5.11 Å². The van der Waals surface area contributed by atoms with Crippen molar-refractivity contribution in [3.05, 3.63) is 0 Å². The van der Waals surface area contributed by atoms with E-state index < -0.39 is 6.10 Å². The van der Waals surface area contributed by atoms with Crippen molar-refractivity contribution in [3.8, 4) is 0 Å². The fraction of sp³-hybridized carbons (Fsp3) is 1.00. The summed E-state index contributed by atoms with van der Waals surface area (Å²) >= 11 is 0. The second-order valence-electron chi connectivity index (χ2n) is 6.42. The molecule has 0 aromatic heterocycles. The summed E-state index contributed by atoms with van der Waals surface area (Å²) in [5, 5.41) is 10.0. The third kappa shape index (κ3) is 5.30. The summed E-state index contributed by atoms with van der Waals surface area (Å²) in [7, 11) is 8.03. The van der Waals surface area contributed by atoms with Gasteiger partial charge in [0, 0.05) is 25.7 Å². The monoisotopic (exact) mass is 288 g/mol. The number of likely N-dealkylation sites (N-methyl/N-ethyl adjacent to an activating group) is 2. The molecule has 0 aromatic carbocycles. The first-order chi connectivity index (χ1) is 9.39. The molecule has 0 aliphatic heterocycles. The van der Waals surface area contributed by atoms with E-state index in [0.717, 1.165) is 6.54 Å². The average Bonchev–Trinajstić information content (AvgIpc) is 2.31. The number of methoxy groups -OCH3 is 1. The van der Waals surface area contributed by atoms with Gasteiger partial charge in [0.1, 0.15) is 0 Å². The van der Waals surface area contributed by atoms with Crippen LogP contribution in [0.5, 0.6) is 0 Å². The molecule has 0 spiro atoms. The van der Waals surface area contributed by atoms with Gasteiger partial charge >= 0.3 is 0 Å². The van der Waals surface area contributed by atoms with E-state index in [0.29, 0.717) is 25.3 Å². The lowest BCUT2D eigenvalue weighted by Gasteiger charge is -2.49. The molecule has 0 aromatic rings. The molecule has 5 nitrogen and oxygen atoms in total. The maximum atomic E-state index is 10.0. The molecule has 0 bridgehead atoms. The summed E-state index contributed by atoms with van der Waals surface area (Å²) in [5.74, 6) is 0. The molecule has 0 saturated heterocycles. The number of ether oxygens (including phenoxy) is 2. The normalized spacial score (nSPS) is 21.0. The van der Waals surface area contributed by atoms with Gasteiger partial charge in [0.15, 0.2) is 0 Å². The summed E-state index contributed by atoms with van der Waals surface area (Å²) in [4.78, 5) is 4.55. The van der Waals surface area contributed by atoms with Crippen LogP contribution >= 0.6 is 0 Å². The van der Waals surface area contributed by atoms with E-state index in [1.165, 1.54) is 19.3 Å². The van der Waals surface area contributed by atoms with Crippen LogP contribution in [0, 0.1) is 0 Å². The van der Waals surface area contributed by atoms with E-state index in [4.69, 9.17) is 9.47 Å². The van der Waals surface area contributed by atoms with E-state index >= 15 is 0 Å². The Bertz CT molecular complexity index is 270. The largest absolute Gasteiger partial charge is 0.389 e. The van der Waals surface area contributed by atoms with Crippen LogP contribution in [0.2, 0.25) is 0 Å². The molecule has 1 rings (SSSR count). The number of hydrogen-bond acceptors (Lipinski definition) is 5. The Labute approximate surface area is 123 Å². The first-order valence-corrected chi connectivity index (χ1v) is 7.54. The van der Waals surface area contributed by atoms with Crippen molar-refractivity contribution in [2.24, 2.45) is 0 Å². The van der Waals surface area contributed by atoms with Crippen molar-refractivity contribution in [2.45, 2.75) is 43.9 Å². The van der Waals surface area contributed by atoms with Crippen LogP contribution in [-0.2, 0) is 9.47 Å². The fourth-order valence-corrected chi connectivity index (χ4v) is 2.87. The van der Waals surface area contributed by atoms with Crippen molar-refractivity contribution in [3.63, 3.8) is 0 Å². The predicted molar refractivity (Wildman–Crippen MR) is 81.1 cm³/mol. The molecule has 1 fully saturated rings. The molecular formula is C15H32N2O3. The van der Waals surface area contributed by atoms with Crippen molar-refractivity contribution in [1.29, 1.82) is 0 Å². The Kier molecular flexibility index (Phi) is 7.40. The Balaban J connectivity index is 2.25. The Morgan fingerprint density at radius 1 is 1.20 bits per heavy atom. The van der Waals surface area contributed by atoms with Gasteiger partial charge in [0.25, 0.3) is 0 Å². The lowest BCUT2D eigenvalue weighted by molar-refractivity contribution is -0.0448. The van der Waals surface area contributed by atoms with E-state index in [-0.39, 0.29) is 6.10 Å². The van der Waals surface area contributed by atoms with Gasteiger partial charge in [-0.1, -0.05) is 0 Å². The van der Waals surface area contributed by atoms with E-state index in [1.807, 2.05) is 6.92 Å². The van der Waals surface area contributed by atoms with E-state index in [1.54, 1.807) is 7.11 Å². The van der Waals surface area contributed by atoms with Crippen LogP contribution < -0.4 is 0 Å². The molecule has 20 heavy (non-hydrogen) atoms. The molecule has 0 radical (unpaired) electrons. The number of rotatable bonds is 10. The van der Waals surface area contributed by atoms with Gasteiger partial charge in [-0.15, -0.1) is 0 Å². The summed E-state index contributed by atoms with van der Waals surface area (Å²) in [6.07, 6.45) is 3.40. The van der Waals surface area contributed by atoms with Crippen LogP contribution in [-0.4, -0.2) is 87.2 Å². The zero-order valence-electron chi connectivity index (χ0n) is 13.8. The Morgan fingerprint density at radius 2 is 1.85 bits per heavy atom. The highest BCUT2D eigenvalue weighted by molar-refractivity contribution is 4.97. The lowest BCUT2D eigenvalue weighted by atomic mass is 9.75. The Hall–Kier alpha value is -0.200. The number of aliphatic hydroxyl groups excluding tert-OH is 1. The second-order valence-corrected chi connectivity index (χ2v) is 6.42. The first kappa shape index (κ1) is 17.9.